The van der Waals surface area contributed by atoms with E-state index in [1.165, 1.54) is 18.3 Å². The normalized spacial score (nSPS) is 23.6. The number of aromatic nitrogens is 2. The Hall–Kier alpha value is -2.81. The van der Waals surface area contributed by atoms with Gasteiger partial charge >= 0.3 is 12.3 Å². The SMILES string of the molecule is CO[C@H]1[C@H](C)O[C@@H](OC(=O)Nc2ccc(-c3ccnc(-c4ccc(C(F)(F)F)cc4)n3)cc2)C(I)[C@@H]1OC. The van der Waals surface area contributed by atoms with Gasteiger partial charge in [0.1, 0.15) is 16.1 Å². The summed E-state index contributed by atoms with van der Waals surface area (Å²) in [5.74, 6) is 0.294. The molecule has 0 bridgehead atoms. The minimum atomic E-state index is -4.41. The third-order valence-corrected chi connectivity index (χ3v) is 7.33. The van der Waals surface area contributed by atoms with E-state index in [0.29, 0.717) is 22.8 Å². The van der Waals surface area contributed by atoms with Crippen LogP contribution in [-0.2, 0) is 25.1 Å². The molecule has 38 heavy (non-hydrogen) atoms. The highest BCUT2D eigenvalue weighted by Crippen LogP contribution is 2.32. The molecule has 1 aliphatic rings. The van der Waals surface area contributed by atoms with E-state index < -0.39 is 24.1 Å². The molecule has 2 aromatic carbocycles. The van der Waals surface area contributed by atoms with Crippen LogP contribution in [0.2, 0.25) is 0 Å². The van der Waals surface area contributed by atoms with Gasteiger partial charge in [0.2, 0.25) is 6.29 Å². The van der Waals surface area contributed by atoms with Gasteiger partial charge in [-0.25, -0.2) is 14.8 Å². The van der Waals surface area contributed by atoms with Crippen molar-refractivity contribution in [3.8, 4) is 22.6 Å². The first-order chi connectivity index (χ1) is 18.1. The third kappa shape index (κ3) is 6.42. The van der Waals surface area contributed by atoms with E-state index in [2.05, 4.69) is 37.9 Å². The van der Waals surface area contributed by atoms with Crippen molar-refractivity contribution in [3.05, 3.63) is 66.4 Å². The number of ether oxygens (including phenoxy) is 4. The fourth-order valence-electron chi connectivity index (χ4n) is 4.09. The van der Waals surface area contributed by atoms with Crippen molar-refractivity contribution in [1.82, 2.24) is 9.97 Å². The van der Waals surface area contributed by atoms with E-state index in [4.69, 9.17) is 18.9 Å². The van der Waals surface area contributed by atoms with E-state index in [1.807, 2.05) is 6.92 Å². The molecule has 1 fully saturated rings. The van der Waals surface area contributed by atoms with Gasteiger partial charge in [-0.05, 0) is 37.3 Å². The molecule has 202 valence electrons. The molecule has 2 heterocycles. The summed E-state index contributed by atoms with van der Waals surface area (Å²) >= 11 is 2.12. The maximum atomic E-state index is 12.8. The van der Waals surface area contributed by atoms with Crippen LogP contribution in [0.4, 0.5) is 23.7 Å². The molecule has 1 unspecified atom stereocenters. The molecule has 0 aliphatic carbocycles. The van der Waals surface area contributed by atoms with Crippen LogP contribution in [0.5, 0.6) is 0 Å². The van der Waals surface area contributed by atoms with Crippen molar-refractivity contribution in [2.24, 2.45) is 0 Å². The Kier molecular flexibility index (Phi) is 8.85. The first kappa shape index (κ1) is 28.2. The van der Waals surface area contributed by atoms with Gasteiger partial charge in [-0.15, -0.1) is 0 Å². The number of benzene rings is 2. The average Bonchev–Trinajstić information content (AvgIpc) is 2.90. The molecule has 12 heteroatoms. The number of nitrogens with zero attached hydrogens (tertiary/aromatic N) is 2. The summed E-state index contributed by atoms with van der Waals surface area (Å²) < 4.78 is 60.6. The first-order valence-corrected chi connectivity index (χ1v) is 12.8. The van der Waals surface area contributed by atoms with Gasteiger partial charge in [-0.1, -0.05) is 46.9 Å². The number of carbonyl (C=O) groups excluding carboxylic acids is 1. The van der Waals surface area contributed by atoms with Crippen molar-refractivity contribution >= 4 is 34.4 Å². The Balaban J connectivity index is 1.41. The van der Waals surface area contributed by atoms with Crippen molar-refractivity contribution in [2.45, 2.75) is 41.6 Å². The second-order valence-electron chi connectivity index (χ2n) is 8.50. The molecule has 0 spiro atoms. The average molecular weight is 643 g/mol. The van der Waals surface area contributed by atoms with Crippen LogP contribution in [0, 0.1) is 0 Å². The van der Waals surface area contributed by atoms with Crippen molar-refractivity contribution < 1.29 is 36.9 Å². The number of hydrogen-bond acceptors (Lipinski definition) is 7. The third-order valence-electron chi connectivity index (χ3n) is 6.03. The molecule has 1 amide bonds. The molecule has 3 aromatic rings. The zero-order valence-corrected chi connectivity index (χ0v) is 22.8. The van der Waals surface area contributed by atoms with E-state index in [-0.39, 0.29) is 22.2 Å². The maximum absolute atomic E-state index is 12.8. The number of methoxy groups -OCH3 is 2. The molecule has 1 saturated heterocycles. The van der Waals surface area contributed by atoms with Gasteiger partial charge in [0.25, 0.3) is 0 Å². The molecule has 1 aromatic heterocycles. The number of nitrogens with one attached hydrogen (secondary N) is 1. The lowest BCUT2D eigenvalue weighted by atomic mass is 10.0. The van der Waals surface area contributed by atoms with Gasteiger partial charge in [-0.3, -0.25) is 5.32 Å². The molecule has 5 atom stereocenters. The Morgan fingerprint density at radius 1 is 0.974 bits per heavy atom. The van der Waals surface area contributed by atoms with Crippen LogP contribution in [0.25, 0.3) is 22.6 Å². The predicted molar refractivity (Wildman–Crippen MR) is 142 cm³/mol. The fourth-order valence-corrected chi connectivity index (χ4v) is 5.11. The minimum Gasteiger partial charge on any atom is -0.418 e. The van der Waals surface area contributed by atoms with E-state index >= 15 is 0 Å². The predicted octanol–water partition coefficient (Wildman–Crippen LogP) is 5.96. The lowest BCUT2D eigenvalue weighted by Gasteiger charge is -2.41. The van der Waals surface area contributed by atoms with E-state index in [0.717, 1.165) is 17.7 Å². The number of rotatable bonds is 6. The quantitative estimate of drug-likeness (QED) is 0.262. The van der Waals surface area contributed by atoms with E-state index in [9.17, 15) is 18.0 Å². The number of alkyl halides is 4. The highest BCUT2D eigenvalue weighted by Gasteiger charge is 2.45. The second kappa shape index (κ2) is 11.9. The summed E-state index contributed by atoms with van der Waals surface area (Å²) in [7, 11) is 3.15. The Bertz CT molecular complexity index is 1240. The molecule has 4 rings (SSSR count). The van der Waals surface area contributed by atoms with Crippen LogP contribution < -0.4 is 5.32 Å². The van der Waals surface area contributed by atoms with Crippen LogP contribution in [-0.4, -0.2) is 58.8 Å². The number of halogens is 4. The summed E-state index contributed by atoms with van der Waals surface area (Å²) in [6, 6.07) is 13.2. The standard InChI is InChI=1S/C26H25F3IN3O5/c1-14-21(35-2)22(36-3)20(30)24(37-14)38-25(34)32-18-10-6-15(7-11-18)19-12-13-31-23(33-19)16-4-8-17(9-5-16)26(27,28)29/h4-14,20-22,24H,1-3H3,(H,32,34)/t14-,20?,21-,22-,24-/m0/s1. The number of hydrogen-bond donors (Lipinski definition) is 1. The topological polar surface area (TPSA) is 91.8 Å². The molecular formula is C26H25F3IN3O5. The van der Waals surface area contributed by atoms with Crippen LogP contribution in [0.15, 0.2) is 60.8 Å². The Labute approximate surface area is 231 Å². The summed E-state index contributed by atoms with van der Waals surface area (Å²) in [5.41, 5.74) is 1.50. The van der Waals surface area contributed by atoms with E-state index in [1.54, 1.807) is 44.6 Å². The first-order valence-electron chi connectivity index (χ1n) is 11.5. The monoisotopic (exact) mass is 643 g/mol. The zero-order valence-electron chi connectivity index (χ0n) is 20.6. The van der Waals surface area contributed by atoms with Crippen molar-refractivity contribution in [1.29, 1.82) is 0 Å². The van der Waals surface area contributed by atoms with Crippen LogP contribution in [0.3, 0.4) is 0 Å². The summed E-state index contributed by atoms with van der Waals surface area (Å²) in [6.45, 7) is 1.83. The minimum absolute atomic E-state index is 0.288. The molecule has 0 saturated carbocycles. The molecule has 0 radical (unpaired) electrons. The summed E-state index contributed by atoms with van der Waals surface area (Å²) in [5, 5.41) is 2.67. The lowest BCUT2D eigenvalue weighted by Crippen LogP contribution is -2.56. The van der Waals surface area contributed by atoms with Gasteiger partial charge < -0.3 is 18.9 Å². The highest BCUT2D eigenvalue weighted by atomic mass is 127. The summed E-state index contributed by atoms with van der Waals surface area (Å²) in [4.78, 5) is 21.2. The molecule has 1 N–H and O–H groups in total. The smallest absolute Gasteiger partial charge is 0.416 e. The van der Waals surface area contributed by atoms with Gasteiger partial charge in [0.15, 0.2) is 5.82 Å². The Morgan fingerprint density at radius 3 is 2.21 bits per heavy atom. The second-order valence-corrected chi connectivity index (χ2v) is 9.94. The Morgan fingerprint density at radius 2 is 1.61 bits per heavy atom. The number of anilines is 1. The van der Waals surface area contributed by atoms with Gasteiger partial charge in [0, 0.05) is 37.2 Å². The van der Waals surface area contributed by atoms with Crippen LogP contribution in [0.1, 0.15) is 12.5 Å². The van der Waals surface area contributed by atoms with Crippen molar-refractivity contribution in [2.75, 3.05) is 19.5 Å². The number of amides is 1. The van der Waals surface area contributed by atoms with Crippen molar-refractivity contribution in [3.63, 3.8) is 0 Å². The lowest BCUT2D eigenvalue weighted by molar-refractivity contribution is -0.227. The highest BCUT2D eigenvalue weighted by molar-refractivity contribution is 14.1. The maximum Gasteiger partial charge on any atom is 0.416 e. The number of carbonyl (C=O) groups is 1. The summed E-state index contributed by atoms with van der Waals surface area (Å²) in [6.07, 6.45) is -5.34. The van der Waals surface area contributed by atoms with Gasteiger partial charge in [-0.2, -0.15) is 13.2 Å². The van der Waals surface area contributed by atoms with Crippen LogP contribution >= 0.6 is 22.6 Å². The van der Waals surface area contributed by atoms with Gasteiger partial charge in [0.05, 0.1) is 17.4 Å². The zero-order chi connectivity index (χ0) is 27.4. The molecule has 1 aliphatic heterocycles. The largest absolute Gasteiger partial charge is 0.418 e. The fraction of sp³-hybridized carbons (Fsp3) is 0.346. The molecule has 8 nitrogen and oxygen atoms in total. The molecular weight excluding hydrogens is 618 g/mol.